The van der Waals surface area contributed by atoms with Gasteiger partial charge in [0.05, 0.1) is 6.42 Å². The fraction of sp³-hybridized carbons (Fsp3) is 0.467. The summed E-state index contributed by atoms with van der Waals surface area (Å²) >= 11 is 3.40. The van der Waals surface area contributed by atoms with Crippen LogP contribution in [0.5, 0.6) is 0 Å². The van der Waals surface area contributed by atoms with Crippen molar-refractivity contribution < 1.29 is 14.7 Å². The predicted molar refractivity (Wildman–Crippen MR) is 85.1 cm³/mol. The molecule has 0 bridgehead atoms. The molecule has 0 aromatic heterocycles. The summed E-state index contributed by atoms with van der Waals surface area (Å²) in [7, 11) is 1.72. The van der Waals surface area contributed by atoms with Gasteiger partial charge in [-0.2, -0.15) is 0 Å². The first-order valence-electron chi connectivity index (χ1n) is 6.79. The molecule has 1 N–H and O–H groups in total. The van der Waals surface area contributed by atoms with Gasteiger partial charge in [-0.1, -0.05) is 28.1 Å². The second-order valence-corrected chi connectivity index (χ2v) is 6.12. The van der Waals surface area contributed by atoms with Crippen molar-refractivity contribution in [3.63, 3.8) is 0 Å². The van der Waals surface area contributed by atoms with Crippen LogP contribution in [0.3, 0.4) is 0 Å². The first-order valence-corrected chi connectivity index (χ1v) is 7.58. The summed E-state index contributed by atoms with van der Waals surface area (Å²) in [6.07, 6.45) is -0.0470. The molecule has 2 amide bonds. The number of carboxylic acid groups (broad SMARTS) is 1. The first kappa shape index (κ1) is 17.5. The van der Waals surface area contributed by atoms with Crippen LogP contribution in [0.2, 0.25) is 0 Å². The van der Waals surface area contributed by atoms with Gasteiger partial charge in [0.1, 0.15) is 0 Å². The molecular weight excluding hydrogens is 336 g/mol. The van der Waals surface area contributed by atoms with Crippen LogP contribution in [-0.4, -0.2) is 46.5 Å². The van der Waals surface area contributed by atoms with Crippen molar-refractivity contribution in [2.24, 2.45) is 0 Å². The second-order valence-electron chi connectivity index (χ2n) is 5.20. The predicted octanol–water partition coefficient (Wildman–Crippen LogP) is 3.19. The maximum absolute atomic E-state index is 12.4. The Morgan fingerprint density at radius 2 is 2.00 bits per heavy atom. The number of hydrogen-bond acceptors (Lipinski definition) is 2. The molecule has 6 heteroatoms. The highest BCUT2D eigenvalue weighted by Crippen LogP contribution is 2.14. The van der Waals surface area contributed by atoms with Gasteiger partial charge in [0, 0.05) is 30.7 Å². The summed E-state index contributed by atoms with van der Waals surface area (Å²) in [5, 5.41) is 8.77. The molecule has 1 aromatic carbocycles. The zero-order valence-corrected chi connectivity index (χ0v) is 14.1. The average Bonchev–Trinajstić information content (AvgIpc) is 2.37. The summed E-state index contributed by atoms with van der Waals surface area (Å²) in [6.45, 7) is 4.46. The van der Waals surface area contributed by atoms with Crippen molar-refractivity contribution in [2.45, 2.75) is 32.9 Å². The molecule has 0 aliphatic rings. The molecule has 0 aliphatic carbocycles. The monoisotopic (exact) mass is 356 g/mol. The van der Waals surface area contributed by atoms with Crippen LogP contribution in [0.4, 0.5) is 4.79 Å². The number of halogens is 1. The van der Waals surface area contributed by atoms with Crippen LogP contribution in [0.25, 0.3) is 0 Å². The quantitative estimate of drug-likeness (QED) is 0.851. The maximum Gasteiger partial charge on any atom is 0.320 e. The summed E-state index contributed by atoms with van der Waals surface area (Å²) < 4.78 is 0.965. The van der Waals surface area contributed by atoms with Gasteiger partial charge >= 0.3 is 12.0 Å². The average molecular weight is 357 g/mol. The highest BCUT2D eigenvalue weighted by Gasteiger charge is 2.21. The van der Waals surface area contributed by atoms with Crippen LogP contribution >= 0.6 is 15.9 Å². The first-order chi connectivity index (χ1) is 9.81. The van der Waals surface area contributed by atoms with E-state index in [1.54, 1.807) is 16.8 Å². The van der Waals surface area contributed by atoms with E-state index >= 15 is 0 Å². The van der Waals surface area contributed by atoms with Crippen molar-refractivity contribution in [1.29, 1.82) is 0 Å². The number of rotatable bonds is 6. The van der Waals surface area contributed by atoms with E-state index in [0.29, 0.717) is 6.54 Å². The molecule has 0 atom stereocenters. The molecule has 0 unspecified atom stereocenters. The minimum Gasteiger partial charge on any atom is -0.481 e. The summed E-state index contributed by atoms with van der Waals surface area (Å²) in [4.78, 5) is 26.3. The fourth-order valence-corrected chi connectivity index (χ4v) is 2.43. The highest BCUT2D eigenvalue weighted by molar-refractivity contribution is 9.10. The third-order valence-corrected chi connectivity index (χ3v) is 3.56. The number of carboxylic acids is 1. The van der Waals surface area contributed by atoms with Gasteiger partial charge in [0.15, 0.2) is 0 Å². The zero-order valence-electron chi connectivity index (χ0n) is 12.5. The number of carbonyl (C=O) groups is 2. The fourth-order valence-electron chi connectivity index (χ4n) is 1.99. The molecule has 1 aromatic rings. The number of carbonyl (C=O) groups excluding carboxylic acids is 1. The number of amides is 2. The Labute approximate surface area is 133 Å². The molecule has 0 saturated heterocycles. The van der Waals surface area contributed by atoms with Crippen LogP contribution in [-0.2, 0) is 11.3 Å². The van der Waals surface area contributed by atoms with E-state index < -0.39 is 5.97 Å². The lowest BCUT2D eigenvalue weighted by Gasteiger charge is -2.31. The summed E-state index contributed by atoms with van der Waals surface area (Å²) in [5.74, 6) is -0.900. The summed E-state index contributed by atoms with van der Waals surface area (Å²) in [6, 6.07) is 7.56. The van der Waals surface area contributed by atoms with Crippen LogP contribution in [0.15, 0.2) is 28.7 Å². The zero-order chi connectivity index (χ0) is 16.0. The van der Waals surface area contributed by atoms with Crippen molar-refractivity contribution in [3.05, 3.63) is 34.3 Å². The van der Waals surface area contributed by atoms with Crippen LogP contribution in [0.1, 0.15) is 25.8 Å². The van der Waals surface area contributed by atoms with Crippen molar-refractivity contribution in [2.75, 3.05) is 13.6 Å². The Hall–Kier alpha value is -1.56. The largest absolute Gasteiger partial charge is 0.481 e. The third kappa shape index (κ3) is 5.75. The van der Waals surface area contributed by atoms with Gasteiger partial charge in [-0.25, -0.2) is 4.79 Å². The van der Waals surface area contributed by atoms with Crippen molar-refractivity contribution in [1.82, 2.24) is 9.80 Å². The Morgan fingerprint density at radius 3 is 2.52 bits per heavy atom. The minimum atomic E-state index is -0.900. The van der Waals surface area contributed by atoms with Gasteiger partial charge in [-0.15, -0.1) is 0 Å². The van der Waals surface area contributed by atoms with Crippen molar-refractivity contribution >= 4 is 27.9 Å². The van der Waals surface area contributed by atoms with E-state index in [9.17, 15) is 9.59 Å². The molecule has 116 valence electrons. The van der Waals surface area contributed by atoms with E-state index in [-0.39, 0.29) is 25.0 Å². The lowest BCUT2D eigenvalue weighted by atomic mass is 10.2. The normalized spacial score (nSPS) is 10.5. The highest BCUT2D eigenvalue weighted by atomic mass is 79.9. The van der Waals surface area contributed by atoms with Crippen LogP contribution < -0.4 is 0 Å². The smallest absolute Gasteiger partial charge is 0.320 e. The molecule has 0 aliphatic heterocycles. The molecule has 0 fully saturated rings. The van der Waals surface area contributed by atoms with E-state index in [1.807, 2.05) is 38.1 Å². The van der Waals surface area contributed by atoms with E-state index in [2.05, 4.69) is 15.9 Å². The Balaban J connectivity index is 2.71. The number of aliphatic carboxylic acids is 1. The lowest BCUT2D eigenvalue weighted by Crippen LogP contribution is -2.45. The molecule has 5 nitrogen and oxygen atoms in total. The molecule has 1 rings (SSSR count). The van der Waals surface area contributed by atoms with Gasteiger partial charge < -0.3 is 14.9 Å². The SMILES string of the molecule is CC(C)N(CCC(=O)O)C(=O)N(C)Cc1cccc(Br)c1. The third-order valence-electron chi connectivity index (χ3n) is 3.07. The topological polar surface area (TPSA) is 60.9 Å². The van der Waals surface area contributed by atoms with E-state index in [1.165, 1.54) is 0 Å². The molecular formula is C15H21BrN2O3. The van der Waals surface area contributed by atoms with Crippen LogP contribution in [0, 0.1) is 0 Å². The molecule has 0 heterocycles. The molecule has 0 spiro atoms. The van der Waals surface area contributed by atoms with E-state index in [4.69, 9.17) is 5.11 Å². The van der Waals surface area contributed by atoms with E-state index in [0.717, 1.165) is 10.0 Å². The number of benzene rings is 1. The standard InChI is InChI=1S/C15H21BrN2O3/c1-11(2)18(8-7-14(19)20)15(21)17(3)10-12-5-4-6-13(16)9-12/h4-6,9,11H,7-8,10H2,1-3H3,(H,19,20). The lowest BCUT2D eigenvalue weighted by molar-refractivity contribution is -0.137. The molecule has 21 heavy (non-hydrogen) atoms. The Kier molecular flexibility index (Phi) is 6.68. The number of hydrogen-bond donors (Lipinski definition) is 1. The maximum atomic E-state index is 12.4. The summed E-state index contributed by atoms with van der Waals surface area (Å²) in [5.41, 5.74) is 1.02. The second kappa shape index (κ2) is 8.02. The number of urea groups is 1. The number of nitrogens with zero attached hydrogens (tertiary/aromatic N) is 2. The molecule has 0 saturated carbocycles. The Bertz CT molecular complexity index is 505. The minimum absolute atomic E-state index is 0.0400. The molecule has 0 radical (unpaired) electrons. The van der Waals surface area contributed by atoms with Gasteiger partial charge in [-0.05, 0) is 31.5 Å². The van der Waals surface area contributed by atoms with Gasteiger partial charge in [0.2, 0.25) is 0 Å². The van der Waals surface area contributed by atoms with Gasteiger partial charge in [0.25, 0.3) is 0 Å². The van der Waals surface area contributed by atoms with Crippen molar-refractivity contribution in [3.8, 4) is 0 Å². The van der Waals surface area contributed by atoms with Gasteiger partial charge in [-0.3, -0.25) is 4.79 Å². The Morgan fingerprint density at radius 1 is 1.33 bits per heavy atom.